The van der Waals surface area contributed by atoms with Crippen LogP contribution in [0.3, 0.4) is 0 Å². The maximum absolute atomic E-state index is 12.9. The summed E-state index contributed by atoms with van der Waals surface area (Å²) in [7, 11) is 0. The standard InChI is InChI=1S/C20H15FO2/c21-17-10-8-16(9-11-17)20(22)14-15-6-12-19(13-7-15)23-18-4-2-1-3-5-18/h1-13H,14H2. The third-order valence-electron chi connectivity index (χ3n) is 3.43. The lowest BCUT2D eigenvalue weighted by atomic mass is 10.0. The van der Waals surface area contributed by atoms with Crippen molar-refractivity contribution in [2.75, 3.05) is 0 Å². The highest BCUT2D eigenvalue weighted by atomic mass is 19.1. The third kappa shape index (κ3) is 4.04. The minimum absolute atomic E-state index is 0.0401. The molecule has 0 radical (unpaired) electrons. The van der Waals surface area contributed by atoms with E-state index in [2.05, 4.69) is 0 Å². The van der Waals surface area contributed by atoms with Gasteiger partial charge in [-0.15, -0.1) is 0 Å². The largest absolute Gasteiger partial charge is 0.457 e. The van der Waals surface area contributed by atoms with Crippen molar-refractivity contribution in [1.29, 1.82) is 0 Å². The van der Waals surface area contributed by atoms with Gasteiger partial charge in [0.15, 0.2) is 5.78 Å². The Morgan fingerprint density at radius 2 is 1.39 bits per heavy atom. The van der Waals surface area contributed by atoms with E-state index in [1.54, 1.807) is 0 Å². The first kappa shape index (κ1) is 15.0. The topological polar surface area (TPSA) is 26.3 Å². The first-order chi connectivity index (χ1) is 11.2. The summed E-state index contributed by atoms with van der Waals surface area (Å²) in [5.41, 5.74) is 1.40. The number of Topliss-reactive ketones (excluding diaryl/α,β-unsaturated/α-hetero) is 1. The molecular weight excluding hydrogens is 291 g/mol. The predicted octanol–water partition coefficient (Wildman–Crippen LogP) is 5.04. The normalized spacial score (nSPS) is 10.3. The van der Waals surface area contributed by atoms with Gasteiger partial charge in [0.05, 0.1) is 0 Å². The van der Waals surface area contributed by atoms with Gasteiger partial charge in [-0.3, -0.25) is 4.79 Å². The molecule has 0 aliphatic heterocycles. The number of ketones is 1. The van der Waals surface area contributed by atoms with Crippen LogP contribution in [0.4, 0.5) is 4.39 Å². The predicted molar refractivity (Wildman–Crippen MR) is 87.4 cm³/mol. The molecule has 0 amide bonds. The van der Waals surface area contributed by atoms with E-state index in [1.807, 2.05) is 54.6 Å². The van der Waals surface area contributed by atoms with Crippen molar-refractivity contribution >= 4 is 5.78 Å². The van der Waals surface area contributed by atoms with E-state index in [4.69, 9.17) is 4.74 Å². The molecule has 3 aromatic rings. The molecule has 3 aromatic carbocycles. The molecule has 0 fully saturated rings. The zero-order valence-electron chi connectivity index (χ0n) is 12.4. The maximum atomic E-state index is 12.9. The number of carbonyl (C=O) groups excluding carboxylic acids is 1. The molecule has 0 aliphatic carbocycles. The Labute approximate surface area is 134 Å². The van der Waals surface area contributed by atoms with E-state index in [0.717, 1.165) is 11.3 Å². The van der Waals surface area contributed by atoms with E-state index < -0.39 is 0 Å². The Hall–Kier alpha value is -2.94. The quantitative estimate of drug-likeness (QED) is 0.617. The number of para-hydroxylation sites is 1. The minimum Gasteiger partial charge on any atom is -0.457 e. The molecule has 2 nitrogen and oxygen atoms in total. The van der Waals surface area contributed by atoms with E-state index >= 15 is 0 Å². The smallest absolute Gasteiger partial charge is 0.167 e. The summed E-state index contributed by atoms with van der Waals surface area (Å²) >= 11 is 0. The second-order valence-corrected chi connectivity index (χ2v) is 5.17. The van der Waals surface area contributed by atoms with Crippen LogP contribution in [0.15, 0.2) is 78.9 Å². The average Bonchev–Trinajstić information content (AvgIpc) is 2.58. The maximum Gasteiger partial charge on any atom is 0.167 e. The van der Waals surface area contributed by atoms with Crippen molar-refractivity contribution in [1.82, 2.24) is 0 Å². The fraction of sp³-hybridized carbons (Fsp3) is 0.0500. The van der Waals surface area contributed by atoms with Crippen LogP contribution in [0.2, 0.25) is 0 Å². The number of hydrogen-bond donors (Lipinski definition) is 0. The Bertz CT molecular complexity index is 778. The van der Waals surface area contributed by atoms with Crippen molar-refractivity contribution in [3.63, 3.8) is 0 Å². The molecule has 0 spiro atoms. The van der Waals surface area contributed by atoms with Gasteiger partial charge in [-0.05, 0) is 54.1 Å². The average molecular weight is 306 g/mol. The van der Waals surface area contributed by atoms with Gasteiger partial charge in [0.2, 0.25) is 0 Å². The van der Waals surface area contributed by atoms with Gasteiger partial charge in [-0.1, -0.05) is 30.3 Å². The SMILES string of the molecule is O=C(Cc1ccc(Oc2ccccc2)cc1)c1ccc(F)cc1. The highest BCUT2D eigenvalue weighted by molar-refractivity contribution is 5.97. The zero-order valence-corrected chi connectivity index (χ0v) is 12.4. The lowest BCUT2D eigenvalue weighted by Gasteiger charge is -2.06. The number of benzene rings is 3. The molecular formula is C20H15FO2. The summed E-state index contributed by atoms with van der Waals surface area (Å²) in [6, 6.07) is 22.5. The molecule has 0 unspecified atom stereocenters. The summed E-state index contributed by atoms with van der Waals surface area (Å²) in [6.07, 6.45) is 0.275. The first-order valence-electron chi connectivity index (χ1n) is 7.31. The first-order valence-corrected chi connectivity index (χ1v) is 7.31. The van der Waals surface area contributed by atoms with Crippen LogP contribution in [0.5, 0.6) is 11.5 Å². The Morgan fingerprint density at radius 1 is 0.783 bits per heavy atom. The molecule has 114 valence electrons. The van der Waals surface area contributed by atoms with Crippen molar-refractivity contribution in [2.24, 2.45) is 0 Å². The number of hydrogen-bond acceptors (Lipinski definition) is 2. The Kier molecular flexibility index (Phi) is 4.48. The van der Waals surface area contributed by atoms with E-state index in [-0.39, 0.29) is 18.0 Å². The highest BCUT2D eigenvalue weighted by Crippen LogP contribution is 2.21. The lowest BCUT2D eigenvalue weighted by molar-refractivity contribution is 0.0993. The van der Waals surface area contributed by atoms with Gasteiger partial charge in [0.1, 0.15) is 17.3 Å². The Balaban J connectivity index is 1.65. The van der Waals surface area contributed by atoms with Crippen LogP contribution in [-0.4, -0.2) is 5.78 Å². The second-order valence-electron chi connectivity index (χ2n) is 5.17. The fourth-order valence-electron chi connectivity index (χ4n) is 2.22. The molecule has 23 heavy (non-hydrogen) atoms. The number of carbonyl (C=O) groups is 1. The van der Waals surface area contributed by atoms with Crippen LogP contribution in [-0.2, 0) is 6.42 Å². The molecule has 0 bridgehead atoms. The van der Waals surface area contributed by atoms with Crippen molar-refractivity contribution in [2.45, 2.75) is 6.42 Å². The molecule has 0 aromatic heterocycles. The summed E-state index contributed by atoms with van der Waals surface area (Å²) in [5, 5.41) is 0. The minimum atomic E-state index is -0.344. The summed E-state index contributed by atoms with van der Waals surface area (Å²) in [6.45, 7) is 0. The monoisotopic (exact) mass is 306 g/mol. The molecule has 0 saturated heterocycles. The summed E-state index contributed by atoms with van der Waals surface area (Å²) in [4.78, 5) is 12.1. The number of rotatable bonds is 5. The van der Waals surface area contributed by atoms with Gasteiger partial charge in [0, 0.05) is 12.0 Å². The molecule has 0 atom stereocenters. The van der Waals surface area contributed by atoms with Crippen molar-refractivity contribution < 1.29 is 13.9 Å². The van der Waals surface area contributed by atoms with E-state index in [9.17, 15) is 9.18 Å². The fourth-order valence-corrected chi connectivity index (χ4v) is 2.22. The van der Waals surface area contributed by atoms with Crippen LogP contribution in [0.25, 0.3) is 0 Å². The van der Waals surface area contributed by atoms with Crippen LogP contribution in [0.1, 0.15) is 15.9 Å². The molecule has 0 N–H and O–H groups in total. The van der Waals surface area contributed by atoms with Crippen LogP contribution < -0.4 is 4.74 Å². The number of halogens is 1. The summed E-state index contributed by atoms with van der Waals surface area (Å²) in [5.74, 6) is 1.10. The second kappa shape index (κ2) is 6.88. The highest BCUT2D eigenvalue weighted by Gasteiger charge is 2.07. The Morgan fingerprint density at radius 3 is 2.04 bits per heavy atom. The van der Waals surface area contributed by atoms with Crippen molar-refractivity contribution in [3.05, 3.63) is 95.8 Å². The molecule has 0 saturated carbocycles. The van der Waals surface area contributed by atoms with Gasteiger partial charge >= 0.3 is 0 Å². The molecule has 3 heteroatoms. The van der Waals surface area contributed by atoms with E-state index in [0.29, 0.717) is 11.3 Å². The molecule has 0 heterocycles. The molecule has 3 rings (SSSR count). The number of ether oxygens (including phenoxy) is 1. The van der Waals surface area contributed by atoms with E-state index in [1.165, 1.54) is 24.3 Å². The zero-order chi connectivity index (χ0) is 16.1. The van der Waals surface area contributed by atoms with Crippen molar-refractivity contribution in [3.8, 4) is 11.5 Å². The summed E-state index contributed by atoms with van der Waals surface area (Å²) < 4.78 is 18.6. The molecule has 0 aliphatic rings. The van der Waals surface area contributed by atoms with Gasteiger partial charge in [0.25, 0.3) is 0 Å². The van der Waals surface area contributed by atoms with Gasteiger partial charge in [-0.2, -0.15) is 0 Å². The van der Waals surface area contributed by atoms with Gasteiger partial charge < -0.3 is 4.74 Å². The lowest BCUT2D eigenvalue weighted by Crippen LogP contribution is -2.03. The van der Waals surface area contributed by atoms with Gasteiger partial charge in [-0.25, -0.2) is 4.39 Å². The third-order valence-corrected chi connectivity index (χ3v) is 3.43. The van der Waals surface area contributed by atoms with Crippen LogP contribution >= 0.6 is 0 Å². The van der Waals surface area contributed by atoms with Crippen LogP contribution in [0, 0.1) is 5.82 Å².